The van der Waals surface area contributed by atoms with Crippen molar-refractivity contribution in [1.82, 2.24) is 4.98 Å². The predicted octanol–water partition coefficient (Wildman–Crippen LogP) is 4.06. The van der Waals surface area contributed by atoms with E-state index in [0.717, 1.165) is 37.8 Å². The van der Waals surface area contributed by atoms with Gasteiger partial charge in [0.2, 0.25) is 5.88 Å². The summed E-state index contributed by atoms with van der Waals surface area (Å²) in [5, 5.41) is 0. The van der Waals surface area contributed by atoms with Gasteiger partial charge in [-0.2, -0.15) is 4.98 Å². The van der Waals surface area contributed by atoms with Gasteiger partial charge in [-0.3, -0.25) is 0 Å². The largest absolute Gasteiger partial charge is 0.472 e. The first-order valence-corrected chi connectivity index (χ1v) is 10.9. The zero-order valence-corrected chi connectivity index (χ0v) is 18.5. The number of hydrogen-bond donors (Lipinski definition) is 0. The Labute approximate surface area is 179 Å². The fraction of sp³-hybridized carbons (Fsp3) is 0.542. The monoisotopic (exact) mass is 411 g/mol. The minimum Gasteiger partial charge on any atom is -0.472 e. The Hall–Kier alpha value is -2.31. The molecule has 1 aromatic carbocycles. The van der Waals surface area contributed by atoms with Gasteiger partial charge in [0.25, 0.3) is 0 Å². The van der Waals surface area contributed by atoms with Crippen LogP contribution in [0.4, 0.5) is 11.5 Å². The molecule has 0 bridgehead atoms. The van der Waals surface area contributed by atoms with Gasteiger partial charge in [0.15, 0.2) is 0 Å². The number of rotatable bonds is 4. The number of hydrogen-bond acceptors (Lipinski definition) is 6. The van der Waals surface area contributed by atoms with Gasteiger partial charge >= 0.3 is 0 Å². The summed E-state index contributed by atoms with van der Waals surface area (Å²) in [6.45, 7) is 12.8. The molecular formula is C24H33N3O3. The van der Waals surface area contributed by atoms with Crippen molar-refractivity contribution in [2.75, 3.05) is 49.3 Å². The van der Waals surface area contributed by atoms with Crippen molar-refractivity contribution in [3.63, 3.8) is 0 Å². The molecule has 0 radical (unpaired) electrons. The maximum absolute atomic E-state index is 6.21. The first-order valence-electron chi connectivity index (χ1n) is 10.9. The van der Waals surface area contributed by atoms with Gasteiger partial charge in [0.1, 0.15) is 11.4 Å². The summed E-state index contributed by atoms with van der Waals surface area (Å²) in [7, 11) is 0. The van der Waals surface area contributed by atoms with Crippen molar-refractivity contribution in [1.29, 1.82) is 0 Å². The van der Waals surface area contributed by atoms with Crippen LogP contribution in [-0.4, -0.2) is 56.1 Å². The van der Waals surface area contributed by atoms with E-state index in [4.69, 9.17) is 19.2 Å². The zero-order chi connectivity index (χ0) is 21.1. The second kappa shape index (κ2) is 8.82. The van der Waals surface area contributed by atoms with Gasteiger partial charge in [-0.05, 0) is 33.3 Å². The van der Waals surface area contributed by atoms with E-state index in [1.807, 2.05) is 6.07 Å². The van der Waals surface area contributed by atoms with E-state index in [1.54, 1.807) is 0 Å². The zero-order valence-electron chi connectivity index (χ0n) is 18.5. The van der Waals surface area contributed by atoms with Gasteiger partial charge in [-0.15, -0.1) is 0 Å². The molecule has 0 spiro atoms. The fourth-order valence-electron chi connectivity index (χ4n) is 4.10. The van der Waals surface area contributed by atoms with E-state index in [1.165, 1.54) is 5.56 Å². The van der Waals surface area contributed by atoms with E-state index in [2.05, 4.69) is 73.9 Å². The number of morpholine rings is 2. The molecule has 2 saturated heterocycles. The summed E-state index contributed by atoms with van der Waals surface area (Å²) in [5.74, 6) is 1.59. The van der Waals surface area contributed by atoms with Crippen LogP contribution in [0.1, 0.15) is 39.3 Å². The summed E-state index contributed by atoms with van der Waals surface area (Å²) < 4.78 is 17.7. The van der Waals surface area contributed by atoms with Crippen molar-refractivity contribution in [3.05, 3.63) is 48.0 Å². The van der Waals surface area contributed by atoms with E-state index in [-0.39, 0.29) is 11.6 Å². The molecule has 2 fully saturated rings. The number of ether oxygens (including phenoxy) is 3. The number of anilines is 2. The average molecular weight is 412 g/mol. The minimum absolute atomic E-state index is 0.132. The van der Waals surface area contributed by atoms with Crippen LogP contribution in [0.5, 0.6) is 5.88 Å². The summed E-state index contributed by atoms with van der Waals surface area (Å²) in [6, 6.07) is 15.2. The highest BCUT2D eigenvalue weighted by atomic mass is 16.5. The highest BCUT2D eigenvalue weighted by molar-refractivity contribution is 5.60. The minimum atomic E-state index is -0.316. The topological polar surface area (TPSA) is 47.1 Å². The van der Waals surface area contributed by atoms with Crippen molar-refractivity contribution in [2.45, 2.75) is 45.4 Å². The van der Waals surface area contributed by atoms with Gasteiger partial charge in [-0.1, -0.05) is 30.3 Å². The fourth-order valence-corrected chi connectivity index (χ4v) is 4.10. The molecule has 2 aliphatic rings. The third-order valence-electron chi connectivity index (χ3n) is 5.49. The first-order chi connectivity index (χ1) is 14.4. The first kappa shape index (κ1) is 20.9. The quantitative estimate of drug-likeness (QED) is 0.756. The molecular weight excluding hydrogens is 378 g/mol. The molecule has 2 aliphatic heterocycles. The molecule has 1 unspecified atom stereocenters. The lowest BCUT2D eigenvalue weighted by Crippen LogP contribution is -2.44. The number of pyridine rings is 1. The van der Waals surface area contributed by atoms with Crippen LogP contribution in [0.2, 0.25) is 0 Å². The molecule has 0 aliphatic carbocycles. The maximum Gasteiger partial charge on any atom is 0.217 e. The highest BCUT2D eigenvalue weighted by Crippen LogP contribution is 2.34. The van der Waals surface area contributed by atoms with Gasteiger partial charge in [-0.25, -0.2) is 0 Å². The van der Waals surface area contributed by atoms with Crippen LogP contribution in [0.15, 0.2) is 42.5 Å². The lowest BCUT2D eigenvalue weighted by molar-refractivity contribution is 0.0929. The summed E-state index contributed by atoms with van der Waals surface area (Å²) in [6.07, 6.45) is 0. The number of aromatic nitrogens is 1. The molecule has 3 heterocycles. The normalized spacial score (nSPS) is 22.8. The Morgan fingerprint density at radius 3 is 2.37 bits per heavy atom. The Bertz CT molecular complexity index is 837. The molecule has 162 valence electrons. The van der Waals surface area contributed by atoms with Crippen molar-refractivity contribution >= 4 is 11.5 Å². The smallest absolute Gasteiger partial charge is 0.217 e. The summed E-state index contributed by atoms with van der Waals surface area (Å²) in [4.78, 5) is 9.67. The standard InChI is InChI=1S/C24H33N3O3/c1-18-16-28-12-10-26(18)20-14-22(25-23(15-20)30-24(2,3)4)27-11-13-29-17-21(27)19-8-6-5-7-9-19/h5-9,14-15,18,21H,10-13,16-17H2,1-4H3/t18-,21?/m1/s1. The Balaban J connectivity index is 1.73. The van der Waals surface area contributed by atoms with Gasteiger partial charge < -0.3 is 24.0 Å². The third kappa shape index (κ3) is 4.87. The molecule has 6 heteroatoms. The predicted molar refractivity (Wildman–Crippen MR) is 120 cm³/mol. The molecule has 30 heavy (non-hydrogen) atoms. The van der Waals surface area contributed by atoms with Crippen molar-refractivity contribution < 1.29 is 14.2 Å². The summed E-state index contributed by atoms with van der Waals surface area (Å²) in [5.41, 5.74) is 2.05. The van der Waals surface area contributed by atoms with Crippen LogP contribution in [-0.2, 0) is 9.47 Å². The summed E-state index contributed by atoms with van der Waals surface area (Å²) >= 11 is 0. The van der Waals surface area contributed by atoms with E-state index >= 15 is 0 Å². The Kier molecular flexibility index (Phi) is 6.16. The number of benzene rings is 1. The Morgan fingerprint density at radius 2 is 1.67 bits per heavy atom. The molecule has 1 aromatic heterocycles. The SMILES string of the molecule is C[C@@H]1COCCN1c1cc(OC(C)(C)C)nc(N2CCOCC2c2ccccc2)c1. The lowest BCUT2D eigenvalue weighted by atomic mass is 10.0. The molecule has 0 amide bonds. The second-order valence-corrected chi connectivity index (χ2v) is 9.05. The molecule has 0 N–H and O–H groups in total. The number of nitrogens with zero attached hydrogens (tertiary/aromatic N) is 3. The molecule has 4 rings (SSSR count). The lowest BCUT2D eigenvalue weighted by Gasteiger charge is -2.39. The van der Waals surface area contributed by atoms with Crippen molar-refractivity contribution in [2.24, 2.45) is 0 Å². The van der Waals surface area contributed by atoms with Crippen molar-refractivity contribution in [3.8, 4) is 5.88 Å². The van der Waals surface area contributed by atoms with Crippen LogP contribution >= 0.6 is 0 Å². The highest BCUT2D eigenvalue weighted by Gasteiger charge is 2.28. The van der Waals surface area contributed by atoms with Crippen LogP contribution in [0, 0.1) is 0 Å². The van der Waals surface area contributed by atoms with Gasteiger partial charge in [0.05, 0.1) is 32.5 Å². The second-order valence-electron chi connectivity index (χ2n) is 9.05. The van der Waals surface area contributed by atoms with E-state index in [0.29, 0.717) is 25.1 Å². The third-order valence-corrected chi connectivity index (χ3v) is 5.49. The van der Waals surface area contributed by atoms with Crippen LogP contribution in [0.3, 0.4) is 0 Å². The average Bonchev–Trinajstić information content (AvgIpc) is 2.73. The molecule has 0 saturated carbocycles. The molecule has 2 atom stereocenters. The molecule has 2 aromatic rings. The maximum atomic E-state index is 6.21. The van der Waals surface area contributed by atoms with Crippen LogP contribution in [0.25, 0.3) is 0 Å². The van der Waals surface area contributed by atoms with Gasteiger partial charge in [0, 0.05) is 37.0 Å². The van der Waals surface area contributed by atoms with E-state index < -0.39 is 0 Å². The van der Waals surface area contributed by atoms with E-state index in [9.17, 15) is 0 Å². The van der Waals surface area contributed by atoms with Crippen LogP contribution < -0.4 is 14.5 Å². The Morgan fingerprint density at radius 1 is 0.967 bits per heavy atom. The molecule has 6 nitrogen and oxygen atoms in total.